The number of carbonyl (C=O) groups is 2. The molecule has 0 aromatic heterocycles. The number of halogens is 1. The minimum atomic E-state index is -1.20. The Morgan fingerprint density at radius 1 is 1.02 bits per heavy atom. The van der Waals surface area contributed by atoms with Crippen LogP contribution >= 0.6 is 0 Å². The summed E-state index contributed by atoms with van der Waals surface area (Å²) in [5.41, 5.74) is 5.39. The molecule has 0 saturated carbocycles. The van der Waals surface area contributed by atoms with Crippen LogP contribution in [0.15, 0.2) is 95.2 Å². The van der Waals surface area contributed by atoms with Crippen molar-refractivity contribution in [3.05, 3.63) is 113 Å². The van der Waals surface area contributed by atoms with Gasteiger partial charge in [-0.15, -0.1) is 0 Å². The molecular formula is C35H35FN4O7. The van der Waals surface area contributed by atoms with E-state index >= 15 is 0 Å². The number of benzene rings is 4. The van der Waals surface area contributed by atoms with Crippen molar-refractivity contribution in [2.24, 2.45) is 5.10 Å². The molecule has 1 aliphatic heterocycles. The first-order valence-electron chi connectivity index (χ1n) is 14.9. The Labute approximate surface area is 271 Å². The molecule has 244 valence electrons. The molecule has 12 heteroatoms. The van der Waals surface area contributed by atoms with E-state index in [4.69, 9.17) is 18.9 Å². The van der Waals surface area contributed by atoms with Gasteiger partial charge in [-0.1, -0.05) is 48.5 Å². The predicted octanol–water partition coefficient (Wildman–Crippen LogP) is 5.08. The molecule has 2 amide bonds. The van der Waals surface area contributed by atoms with Gasteiger partial charge in [-0.25, -0.2) is 14.0 Å². The molecule has 11 nitrogen and oxygen atoms in total. The van der Waals surface area contributed by atoms with E-state index in [1.807, 2.05) is 43.3 Å². The Bertz CT molecular complexity index is 1810. The second-order valence-corrected chi connectivity index (χ2v) is 10.5. The molecule has 0 unspecified atom stereocenters. The average Bonchev–Trinajstić information content (AvgIpc) is 3.07. The van der Waals surface area contributed by atoms with Gasteiger partial charge in [0.15, 0.2) is 17.7 Å². The summed E-state index contributed by atoms with van der Waals surface area (Å²) < 4.78 is 36.0. The van der Waals surface area contributed by atoms with Gasteiger partial charge in [0, 0.05) is 11.3 Å². The SMILES string of the molecule is CCOc1cc([C@H]2NC(=O)NC(C)=C2C(=O)OC)ccc1OC[C@@H](O)N/N=C/c1c(OCc2ccc(F)cc2)ccc2ccccc12. The largest absolute Gasteiger partial charge is 0.490 e. The van der Waals surface area contributed by atoms with E-state index < -0.39 is 24.3 Å². The van der Waals surface area contributed by atoms with E-state index in [1.54, 1.807) is 43.5 Å². The number of aliphatic hydroxyl groups is 1. The van der Waals surface area contributed by atoms with Crippen LogP contribution in [-0.2, 0) is 16.1 Å². The Balaban J connectivity index is 1.28. The highest BCUT2D eigenvalue weighted by atomic mass is 19.1. The number of esters is 1. The van der Waals surface area contributed by atoms with Gasteiger partial charge >= 0.3 is 12.0 Å². The van der Waals surface area contributed by atoms with Gasteiger partial charge in [-0.05, 0) is 66.1 Å². The highest BCUT2D eigenvalue weighted by Crippen LogP contribution is 2.35. The zero-order chi connectivity index (χ0) is 33.3. The number of allylic oxidation sites excluding steroid dienone is 1. The fraction of sp³-hybridized carbons (Fsp3) is 0.229. The van der Waals surface area contributed by atoms with Crippen LogP contribution in [0, 0.1) is 5.82 Å². The van der Waals surface area contributed by atoms with Crippen LogP contribution in [-0.4, -0.2) is 49.9 Å². The lowest BCUT2D eigenvalue weighted by molar-refractivity contribution is -0.136. The van der Waals surface area contributed by atoms with E-state index in [2.05, 4.69) is 21.2 Å². The van der Waals surface area contributed by atoms with Crippen molar-refractivity contribution in [2.75, 3.05) is 20.3 Å². The van der Waals surface area contributed by atoms with Gasteiger partial charge < -0.3 is 34.7 Å². The molecule has 4 aromatic carbocycles. The summed E-state index contributed by atoms with van der Waals surface area (Å²) in [6.45, 7) is 3.80. The fourth-order valence-electron chi connectivity index (χ4n) is 5.09. The second kappa shape index (κ2) is 15.1. The van der Waals surface area contributed by atoms with Crippen LogP contribution in [0.1, 0.15) is 36.6 Å². The Hall–Kier alpha value is -5.62. The first-order chi connectivity index (χ1) is 22.8. The molecule has 4 N–H and O–H groups in total. The molecule has 1 aliphatic rings. The van der Waals surface area contributed by atoms with E-state index in [0.29, 0.717) is 40.7 Å². The lowest BCUT2D eigenvalue weighted by Gasteiger charge is -2.28. The minimum Gasteiger partial charge on any atom is -0.490 e. The zero-order valence-electron chi connectivity index (χ0n) is 26.1. The van der Waals surface area contributed by atoms with Crippen molar-refractivity contribution >= 4 is 29.0 Å². The number of rotatable bonds is 13. The smallest absolute Gasteiger partial charge is 0.337 e. The summed E-state index contributed by atoms with van der Waals surface area (Å²) in [5, 5.41) is 22.1. The molecule has 5 rings (SSSR count). The van der Waals surface area contributed by atoms with Crippen molar-refractivity contribution in [3.8, 4) is 17.2 Å². The number of carbonyl (C=O) groups excluding carboxylic acids is 2. The average molecular weight is 643 g/mol. The van der Waals surface area contributed by atoms with Crippen LogP contribution in [0.3, 0.4) is 0 Å². The van der Waals surface area contributed by atoms with Crippen molar-refractivity contribution in [2.45, 2.75) is 32.7 Å². The lowest BCUT2D eigenvalue weighted by Crippen LogP contribution is -2.45. The number of nitrogens with zero attached hydrogens (tertiary/aromatic N) is 1. The number of methoxy groups -OCH3 is 1. The molecular weight excluding hydrogens is 607 g/mol. The maximum Gasteiger partial charge on any atom is 0.337 e. The molecule has 2 atom stereocenters. The first kappa shape index (κ1) is 32.8. The summed E-state index contributed by atoms with van der Waals surface area (Å²) >= 11 is 0. The third-order valence-electron chi connectivity index (χ3n) is 7.33. The van der Waals surface area contributed by atoms with Crippen LogP contribution in [0.5, 0.6) is 17.2 Å². The van der Waals surface area contributed by atoms with E-state index in [9.17, 15) is 19.1 Å². The van der Waals surface area contributed by atoms with Gasteiger partial charge in [0.05, 0.1) is 31.5 Å². The van der Waals surface area contributed by atoms with Gasteiger partial charge in [-0.2, -0.15) is 5.10 Å². The molecule has 0 bridgehead atoms. The number of hydrazone groups is 1. The molecule has 47 heavy (non-hydrogen) atoms. The molecule has 0 fully saturated rings. The summed E-state index contributed by atoms with van der Waals surface area (Å²) in [5.74, 6) is 0.362. The number of fused-ring (bicyclic) bond motifs is 1. The number of amides is 2. The predicted molar refractivity (Wildman–Crippen MR) is 174 cm³/mol. The zero-order valence-corrected chi connectivity index (χ0v) is 26.1. The third kappa shape index (κ3) is 7.97. The third-order valence-corrected chi connectivity index (χ3v) is 7.33. The highest BCUT2D eigenvalue weighted by molar-refractivity contribution is 6.02. The lowest BCUT2D eigenvalue weighted by atomic mass is 9.95. The summed E-state index contributed by atoms with van der Waals surface area (Å²) in [4.78, 5) is 24.7. The van der Waals surface area contributed by atoms with Gasteiger partial charge in [0.2, 0.25) is 0 Å². The van der Waals surface area contributed by atoms with Gasteiger partial charge in [0.1, 0.15) is 24.8 Å². The Morgan fingerprint density at radius 3 is 2.55 bits per heavy atom. The number of aliphatic hydroxyl groups excluding tert-OH is 1. The normalized spacial score (nSPS) is 15.2. The molecule has 4 aromatic rings. The van der Waals surface area contributed by atoms with Gasteiger partial charge in [0.25, 0.3) is 0 Å². The minimum absolute atomic E-state index is 0.184. The quantitative estimate of drug-likeness (QED) is 0.0686. The number of ether oxygens (including phenoxy) is 4. The van der Waals surface area contributed by atoms with Crippen LogP contribution < -0.4 is 30.3 Å². The molecule has 0 saturated heterocycles. The van der Waals surface area contributed by atoms with Crippen molar-refractivity contribution in [3.63, 3.8) is 0 Å². The molecule has 0 aliphatic carbocycles. The van der Waals surface area contributed by atoms with Crippen molar-refractivity contribution in [1.82, 2.24) is 16.1 Å². The number of nitrogens with one attached hydrogen (secondary N) is 3. The topological polar surface area (TPSA) is 140 Å². The molecule has 0 radical (unpaired) electrons. The van der Waals surface area contributed by atoms with E-state index in [1.165, 1.54) is 19.2 Å². The molecule has 0 spiro atoms. The summed E-state index contributed by atoms with van der Waals surface area (Å²) in [6, 6.07) is 21.4. The fourth-order valence-corrected chi connectivity index (χ4v) is 5.09. The van der Waals surface area contributed by atoms with Crippen LogP contribution in [0.25, 0.3) is 10.8 Å². The Morgan fingerprint density at radius 2 is 1.79 bits per heavy atom. The number of hydrogen-bond acceptors (Lipinski definition) is 9. The van der Waals surface area contributed by atoms with Gasteiger partial charge in [-0.3, -0.25) is 5.43 Å². The Kier molecular flexibility index (Phi) is 10.5. The van der Waals surface area contributed by atoms with Crippen molar-refractivity contribution < 1.29 is 38.0 Å². The van der Waals surface area contributed by atoms with E-state index in [0.717, 1.165) is 16.3 Å². The van der Waals surface area contributed by atoms with Crippen LogP contribution in [0.4, 0.5) is 9.18 Å². The maximum absolute atomic E-state index is 13.3. The highest BCUT2D eigenvalue weighted by Gasteiger charge is 2.32. The second-order valence-electron chi connectivity index (χ2n) is 10.5. The summed E-state index contributed by atoms with van der Waals surface area (Å²) in [7, 11) is 1.27. The summed E-state index contributed by atoms with van der Waals surface area (Å²) in [6.07, 6.45) is 0.368. The first-order valence-corrected chi connectivity index (χ1v) is 14.9. The van der Waals surface area contributed by atoms with Crippen LogP contribution in [0.2, 0.25) is 0 Å². The monoisotopic (exact) mass is 642 g/mol. The van der Waals surface area contributed by atoms with Crippen molar-refractivity contribution in [1.29, 1.82) is 0 Å². The molecule has 1 heterocycles. The van der Waals surface area contributed by atoms with E-state index in [-0.39, 0.29) is 24.6 Å². The maximum atomic E-state index is 13.3. The number of urea groups is 1. The number of hydrogen-bond donors (Lipinski definition) is 4. The standard InChI is InChI=1S/C35H35FN4O7/c1-4-45-30-17-24(33-32(34(42)44-3)21(2)38-35(43)39-33)12-16-29(30)47-20-31(41)40-37-18-27-26-8-6-5-7-23(26)11-15-28(27)46-19-22-9-13-25(36)14-10-22/h5-18,31,33,40-41H,4,19-20H2,1-3H3,(H2,38,39,43)/b37-18+/t31-,33-/m1/s1.